The standard InChI is InChI=1S/C16H13FN4O2/c1-2-23-16(22)14-15(11-7-9-18-10-8-11)21(20-19-14)13-5-3-12(17)4-6-13/h3-10H,2H2,1H3. The lowest BCUT2D eigenvalue weighted by molar-refractivity contribution is 0.0520. The molecule has 0 spiro atoms. The second-order valence-electron chi connectivity index (χ2n) is 4.63. The van der Waals surface area contributed by atoms with Crippen LogP contribution in [0.2, 0.25) is 0 Å². The Hall–Kier alpha value is -3.09. The van der Waals surface area contributed by atoms with Gasteiger partial charge in [0.25, 0.3) is 0 Å². The Labute approximate surface area is 131 Å². The molecule has 2 aromatic heterocycles. The molecule has 0 N–H and O–H groups in total. The van der Waals surface area contributed by atoms with E-state index >= 15 is 0 Å². The van der Waals surface area contributed by atoms with Crippen LogP contribution in [0.1, 0.15) is 17.4 Å². The number of hydrogen-bond acceptors (Lipinski definition) is 5. The first-order chi connectivity index (χ1) is 11.2. The fourth-order valence-corrected chi connectivity index (χ4v) is 2.15. The molecule has 0 aliphatic heterocycles. The van der Waals surface area contributed by atoms with E-state index in [4.69, 9.17) is 4.74 Å². The van der Waals surface area contributed by atoms with Gasteiger partial charge in [-0.25, -0.2) is 13.9 Å². The Bertz CT molecular complexity index is 816. The van der Waals surface area contributed by atoms with Gasteiger partial charge in [-0.1, -0.05) is 5.21 Å². The molecule has 0 aliphatic rings. The van der Waals surface area contributed by atoms with Crippen LogP contribution < -0.4 is 0 Å². The van der Waals surface area contributed by atoms with E-state index in [1.165, 1.54) is 16.8 Å². The zero-order chi connectivity index (χ0) is 16.2. The van der Waals surface area contributed by atoms with Gasteiger partial charge in [-0.05, 0) is 43.3 Å². The molecule has 3 aromatic rings. The third-order valence-corrected chi connectivity index (χ3v) is 3.16. The molecule has 0 atom stereocenters. The molecule has 1 aromatic carbocycles. The Balaban J connectivity index is 2.17. The maximum absolute atomic E-state index is 13.1. The van der Waals surface area contributed by atoms with Crippen molar-refractivity contribution in [1.29, 1.82) is 0 Å². The van der Waals surface area contributed by atoms with Crippen molar-refractivity contribution in [3.05, 3.63) is 60.3 Å². The van der Waals surface area contributed by atoms with Gasteiger partial charge < -0.3 is 4.74 Å². The monoisotopic (exact) mass is 312 g/mol. The molecule has 0 unspecified atom stereocenters. The maximum Gasteiger partial charge on any atom is 0.361 e. The molecule has 0 bridgehead atoms. The van der Waals surface area contributed by atoms with E-state index in [-0.39, 0.29) is 18.1 Å². The van der Waals surface area contributed by atoms with Crippen molar-refractivity contribution >= 4 is 5.97 Å². The minimum Gasteiger partial charge on any atom is -0.461 e. The zero-order valence-electron chi connectivity index (χ0n) is 12.3. The minimum absolute atomic E-state index is 0.0994. The van der Waals surface area contributed by atoms with Gasteiger partial charge in [0.1, 0.15) is 11.5 Å². The van der Waals surface area contributed by atoms with Crippen LogP contribution in [0.15, 0.2) is 48.8 Å². The van der Waals surface area contributed by atoms with E-state index in [2.05, 4.69) is 15.3 Å². The van der Waals surface area contributed by atoms with Crippen molar-refractivity contribution in [3.8, 4) is 16.9 Å². The van der Waals surface area contributed by atoms with Crippen molar-refractivity contribution < 1.29 is 13.9 Å². The Kier molecular flexibility index (Phi) is 4.09. The molecule has 2 heterocycles. The van der Waals surface area contributed by atoms with Crippen LogP contribution in [0.4, 0.5) is 4.39 Å². The SMILES string of the molecule is CCOC(=O)c1nnn(-c2ccc(F)cc2)c1-c1ccncc1. The van der Waals surface area contributed by atoms with Crippen LogP contribution in [0, 0.1) is 5.82 Å². The number of carbonyl (C=O) groups excluding carboxylic acids is 1. The number of ether oxygens (including phenoxy) is 1. The third kappa shape index (κ3) is 2.94. The molecule has 3 rings (SSSR count). The number of rotatable bonds is 4. The Morgan fingerprint density at radius 2 is 1.87 bits per heavy atom. The number of nitrogens with zero attached hydrogens (tertiary/aromatic N) is 4. The van der Waals surface area contributed by atoms with Crippen molar-refractivity contribution in [2.75, 3.05) is 6.61 Å². The maximum atomic E-state index is 13.1. The lowest BCUT2D eigenvalue weighted by atomic mass is 10.1. The first-order valence-corrected chi connectivity index (χ1v) is 7.00. The van der Waals surface area contributed by atoms with Gasteiger partial charge in [0, 0.05) is 18.0 Å². The van der Waals surface area contributed by atoms with Crippen molar-refractivity contribution in [3.63, 3.8) is 0 Å². The van der Waals surface area contributed by atoms with Gasteiger partial charge >= 0.3 is 5.97 Å². The average Bonchev–Trinajstić information content (AvgIpc) is 3.01. The van der Waals surface area contributed by atoms with Crippen LogP contribution >= 0.6 is 0 Å². The van der Waals surface area contributed by atoms with E-state index in [1.807, 2.05) is 0 Å². The van der Waals surface area contributed by atoms with Crippen molar-refractivity contribution in [2.24, 2.45) is 0 Å². The smallest absolute Gasteiger partial charge is 0.361 e. The molecule has 6 nitrogen and oxygen atoms in total. The molecule has 0 amide bonds. The van der Waals surface area contributed by atoms with E-state index in [0.29, 0.717) is 16.9 Å². The summed E-state index contributed by atoms with van der Waals surface area (Å²) in [4.78, 5) is 16.1. The van der Waals surface area contributed by atoms with E-state index in [9.17, 15) is 9.18 Å². The molecular formula is C16H13FN4O2. The number of carbonyl (C=O) groups is 1. The van der Waals surface area contributed by atoms with Gasteiger partial charge in [0.15, 0.2) is 5.69 Å². The van der Waals surface area contributed by atoms with Gasteiger partial charge in [-0.15, -0.1) is 5.10 Å². The number of halogens is 1. The number of hydrogen-bond donors (Lipinski definition) is 0. The van der Waals surface area contributed by atoms with Crippen LogP contribution in [-0.4, -0.2) is 32.6 Å². The highest BCUT2D eigenvalue weighted by molar-refractivity contribution is 5.94. The summed E-state index contributed by atoms with van der Waals surface area (Å²) in [5.41, 5.74) is 1.86. The lowest BCUT2D eigenvalue weighted by Crippen LogP contribution is -2.08. The zero-order valence-corrected chi connectivity index (χ0v) is 12.3. The molecule has 0 saturated carbocycles. The summed E-state index contributed by atoms with van der Waals surface area (Å²) in [5, 5.41) is 7.95. The predicted octanol–water partition coefficient (Wildman–Crippen LogP) is 2.65. The minimum atomic E-state index is -0.562. The molecule has 23 heavy (non-hydrogen) atoms. The molecule has 116 valence electrons. The van der Waals surface area contributed by atoms with Crippen LogP contribution in [0.3, 0.4) is 0 Å². The topological polar surface area (TPSA) is 69.9 Å². The summed E-state index contributed by atoms with van der Waals surface area (Å²) in [5.74, 6) is -0.919. The summed E-state index contributed by atoms with van der Waals surface area (Å²) in [6, 6.07) is 9.23. The second kappa shape index (κ2) is 6.35. The highest BCUT2D eigenvalue weighted by atomic mass is 19.1. The fraction of sp³-hybridized carbons (Fsp3) is 0.125. The predicted molar refractivity (Wildman–Crippen MR) is 80.5 cm³/mol. The van der Waals surface area contributed by atoms with Gasteiger partial charge in [0.2, 0.25) is 0 Å². The molecule has 7 heteroatoms. The Morgan fingerprint density at radius 1 is 1.17 bits per heavy atom. The van der Waals surface area contributed by atoms with E-state index < -0.39 is 5.97 Å². The number of esters is 1. The van der Waals surface area contributed by atoms with E-state index in [1.54, 1.807) is 43.6 Å². The quantitative estimate of drug-likeness (QED) is 0.693. The number of aromatic nitrogens is 4. The summed E-state index contributed by atoms with van der Waals surface area (Å²) in [7, 11) is 0. The van der Waals surface area contributed by atoms with Gasteiger partial charge in [0.05, 0.1) is 12.3 Å². The first kappa shape index (κ1) is 14.8. The third-order valence-electron chi connectivity index (χ3n) is 3.16. The Morgan fingerprint density at radius 3 is 2.52 bits per heavy atom. The van der Waals surface area contributed by atoms with Crippen LogP contribution in [0.25, 0.3) is 16.9 Å². The average molecular weight is 312 g/mol. The van der Waals surface area contributed by atoms with E-state index in [0.717, 1.165) is 0 Å². The van der Waals surface area contributed by atoms with Gasteiger partial charge in [-0.3, -0.25) is 4.98 Å². The summed E-state index contributed by atoms with van der Waals surface area (Å²) >= 11 is 0. The highest BCUT2D eigenvalue weighted by Gasteiger charge is 2.23. The van der Waals surface area contributed by atoms with Crippen LogP contribution in [0.5, 0.6) is 0 Å². The lowest BCUT2D eigenvalue weighted by Gasteiger charge is -2.08. The second-order valence-corrected chi connectivity index (χ2v) is 4.63. The normalized spacial score (nSPS) is 10.5. The molecule has 0 saturated heterocycles. The molecule has 0 aliphatic carbocycles. The van der Waals surface area contributed by atoms with Crippen molar-refractivity contribution in [2.45, 2.75) is 6.92 Å². The van der Waals surface area contributed by atoms with Gasteiger partial charge in [-0.2, -0.15) is 0 Å². The van der Waals surface area contributed by atoms with Crippen LogP contribution in [-0.2, 0) is 4.74 Å². The summed E-state index contributed by atoms with van der Waals surface area (Å²) in [6.07, 6.45) is 3.21. The molecular weight excluding hydrogens is 299 g/mol. The summed E-state index contributed by atoms with van der Waals surface area (Å²) in [6.45, 7) is 1.95. The molecule has 0 radical (unpaired) electrons. The fourth-order valence-electron chi connectivity index (χ4n) is 2.15. The first-order valence-electron chi connectivity index (χ1n) is 7.00. The van der Waals surface area contributed by atoms with Crippen molar-refractivity contribution in [1.82, 2.24) is 20.0 Å². The summed E-state index contributed by atoms with van der Waals surface area (Å²) < 4.78 is 19.6. The number of benzene rings is 1. The largest absolute Gasteiger partial charge is 0.461 e. The highest BCUT2D eigenvalue weighted by Crippen LogP contribution is 2.25. The molecule has 0 fully saturated rings. The number of pyridine rings is 1.